The van der Waals surface area contributed by atoms with Gasteiger partial charge in [0.15, 0.2) is 0 Å². The summed E-state index contributed by atoms with van der Waals surface area (Å²) in [6.45, 7) is 1.64. The summed E-state index contributed by atoms with van der Waals surface area (Å²) in [4.78, 5) is 35.7. The molecular formula is C15H17NO5. The van der Waals surface area contributed by atoms with Crippen LogP contribution in [0.5, 0.6) is 0 Å². The van der Waals surface area contributed by atoms with Crippen LogP contribution in [0.2, 0.25) is 0 Å². The molecule has 0 unspecified atom stereocenters. The molecule has 6 nitrogen and oxygen atoms in total. The number of carbonyl (C=O) groups excluding carboxylic acids is 2. The molecule has 1 heterocycles. The van der Waals surface area contributed by atoms with Gasteiger partial charge in [-0.1, -0.05) is 37.3 Å². The maximum atomic E-state index is 12.3. The number of nitrogens with zero attached hydrogens (tertiary/aromatic N) is 1. The number of hydrogen-bond donors (Lipinski definition) is 1. The van der Waals surface area contributed by atoms with Gasteiger partial charge in [-0.2, -0.15) is 0 Å². The van der Waals surface area contributed by atoms with Crippen LogP contribution in [-0.2, 0) is 20.7 Å². The van der Waals surface area contributed by atoms with Crippen LogP contribution in [0.25, 0.3) is 0 Å². The number of carbonyl (C=O) groups is 3. The van der Waals surface area contributed by atoms with E-state index in [9.17, 15) is 14.4 Å². The SMILES string of the molecule is C[C@@H](CC(=O)O)C(=O)N1C(=O)OC[C@H]1Cc1ccccc1. The molecule has 0 saturated carbocycles. The summed E-state index contributed by atoms with van der Waals surface area (Å²) in [5.41, 5.74) is 0.990. The summed E-state index contributed by atoms with van der Waals surface area (Å²) in [7, 11) is 0. The van der Waals surface area contributed by atoms with E-state index < -0.39 is 23.9 Å². The minimum Gasteiger partial charge on any atom is -0.481 e. The largest absolute Gasteiger partial charge is 0.481 e. The number of hydrogen-bond acceptors (Lipinski definition) is 4. The molecule has 0 aromatic heterocycles. The zero-order chi connectivity index (χ0) is 15.4. The first-order valence-electron chi connectivity index (χ1n) is 6.74. The van der Waals surface area contributed by atoms with Crippen LogP contribution in [0.1, 0.15) is 18.9 Å². The number of benzene rings is 1. The summed E-state index contributed by atoms with van der Waals surface area (Å²) < 4.78 is 4.95. The Morgan fingerprint density at radius 1 is 1.38 bits per heavy atom. The third-order valence-corrected chi connectivity index (χ3v) is 3.42. The van der Waals surface area contributed by atoms with Crippen molar-refractivity contribution in [2.45, 2.75) is 25.8 Å². The van der Waals surface area contributed by atoms with Crippen molar-refractivity contribution in [1.29, 1.82) is 0 Å². The highest BCUT2D eigenvalue weighted by Gasteiger charge is 2.39. The fourth-order valence-electron chi connectivity index (χ4n) is 2.35. The van der Waals surface area contributed by atoms with Gasteiger partial charge in [0.1, 0.15) is 6.61 Å². The number of cyclic esters (lactones) is 1. The van der Waals surface area contributed by atoms with E-state index in [0.29, 0.717) is 6.42 Å². The smallest absolute Gasteiger partial charge is 0.416 e. The van der Waals surface area contributed by atoms with E-state index in [1.54, 1.807) is 0 Å². The number of imide groups is 1. The van der Waals surface area contributed by atoms with E-state index in [-0.39, 0.29) is 19.1 Å². The summed E-state index contributed by atoms with van der Waals surface area (Å²) in [6.07, 6.45) is -0.503. The molecule has 21 heavy (non-hydrogen) atoms. The molecule has 0 bridgehead atoms. The zero-order valence-electron chi connectivity index (χ0n) is 11.7. The van der Waals surface area contributed by atoms with Crippen LogP contribution in [0.3, 0.4) is 0 Å². The average Bonchev–Trinajstić information content (AvgIpc) is 2.79. The molecule has 1 fully saturated rings. The molecule has 0 spiro atoms. The number of ether oxygens (including phenoxy) is 1. The van der Waals surface area contributed by atoms with E-state index in [4.69, 9.17) is 9.84 Å². The van der Waals surface area contributed by atoms with E-state index >= 15 is 0 Å². The topological polar surface area (TPSA) is 83.9 Å². The third kappa shape index (κ3) is 3.59. The Bertz CT molecular complexity index is 542. The standard InChI is InChI=1S/C15H17NO5/c1-10(7-13(17)18)14(19)16-12(9-21-15(16)20)8-11-5-3-2-4-6-11/h2-6,10,12H,7-9H2,1H3,(H,17,18)/t10-,12+/m0/s1. The zero-order valence-corrected chi connectivity index (χ0v) is 11.7. The Hall–Kier alpha value is -2.37. The Kier molecular flexibility index (Phi) is 4.57. The molecule has 1 aliphatic rings. The van der Waals surface area contributed by atoms with Crippen LogP contribution >= 0.6 is 0 Å². The van der Waals surface area contributed by atoms with Gasteiger partial charge in [0, 0.05) is 5.92 Å². The molecule has 0 aliphatic carbocycles. The lowest BCUT2D eigenvalue weighted by Gasteiger charge is -2.22. The molecule has 1 saturated heterocycles. The lowest BCUT2D eigenvalue weighted by Crippen LogP contribution is -2.43. The minimum absolute atomic E-state index is 0.138. The number of carboxylic acids is 1. The molecule has 1 N–H and O–H groups in total. The number of rotatable bonds is 5. The normalized spacial score (nSPS) is 19.2. The van der Waals surface area contributed by atoms with Crippen LogP contribution < -0.4 is 0 Å². The van der Waals surface area contributed by atoms with Crippen molar-refractivity contribution < 1.29 is 24.2 Å². The average molecular weight is 291 g/mol. The maximum Gasteiger partial charge on any atom is 0.416 e. The van der Waals surface area contributed by atoms with Crippen molar-refractivity contribution in [2.24, 2.45) is 5.92 Å². The van der Waals surface area contributed by atoms with Crippen molar-refractivity contribution in [2.75, 3.05) is 6.61 Å². The molecule has 2 rings (SSSR count). The van der Waals surface area contributed by atoms with Crippen molar-refractivity contribution in [1.82, 2.24) is 4.90 Å². The number of amides is 2. The molecular weight excluding hydrogens is 274 g/mol. The van der Waals surface area contributed by atoms with Crippen molar-refractivity contribution in [3.63, 3.8) is 0 Å². The molecule has 0 radical (unpaired) electrons. The molecule has 1 aromatic rings. The summed E-state index contributed by atoms with van der Waals surface area (Å²) in [5, 5.41) is 8.76. The van der Waals surface area contributed by atoms with Gasteiger partial charge in [0.05, 0.1) is 12.5 Å². The van der Waals surface area contributed by atoms with Gasteiger partial charge < -0.3 is 9.84 Å². The van der Waals surface area contributed by atoms with Crippen molar-refractivity contribution >= 4 is 18.0 Å². The first-order valence-corrected chi connectivity index (χ1v) is 6.74. The minimum atomic E-state index is -1.07. The number of aliphatic carboxylic acids is 1. The van der Waals surface area contributed by atoms with E-state index in [2.05, 4.69) is 0 Å². The maximum absolute atomic E-state index is 12.3. The molecule has 2 atom stereocenters. The number of carboxylic acid groups (broad SMARTS) is 1. The Morgan fingerprint density at radius 2 is 2.05 bits per heavy atom. The Balaban J connectivity index is 2.09. The van der Waals surface area contributed by atoms with Gasteiger partial charge in [-0.25, -0.2) is 9.69 Å². The lowest BCUT2D eigenvalue weighted by atomic mass is 10.0. The van der Waals surface area contributed by atoms with E-state index in [1.807, 2.05) is 30.3 Å². The van der Waals surface area contributed by atoms with Crippen LogP contribution in [-0.4, -0.2) is 40.6 Å². The summed E-state index contributed by atoms with van der Waals surface area (Å²) >= 11 is 0. The predicted octanol–water partition coefficient (Wildman–Crippen LogP) is 1.69. The molecule has 112 valence electrons. The summed E-state index contributed by atoms with van der Waals surface area (Å²) in [5.74, 6) is -2.32. The monoisotopic (exact) mass is 291 g/mol. The van der Waals surface area contributed by atoms with Gasteiger partial charge in [0.2, 0.25) is 5.91 Å². The van der Waals surface area contributed by atoms with Gasteiger partial charge in [0.25, 0.3) is 0 Å². The van der Waals surface area contributed by atoms with Gasteiger partial charge in [-0.05, 0) is 12.0 Å². The highest BCUT2D eigenvalue weighted by Crippen LogP contribution is 2.21. The second kappa shape index (κ2) is 6.39. The highest BCUT2D eigenvalue weighted by atomic mass is 16.6. The van der Waals surface area contributed by atoms with Crippen molar-refractivity contribution in [3.05, 3.63) is 35.9 Å². The van der Waals surface area contributed by atoms with Crippen LogP contribution in [0.15, 0.2) is 30.3 Å². The predicted molar refractivity (Wildman–Crippen MR) is 73.5 cm³/mol. The molecule has 1 aliphatic heterocycles. The second-order valence-electron chi connectivity index (χ2n) is 5.13. The molecule has 6 heteroatoms. The second-order valence-corrected chi connectivity index (χ2v) is 5.13. The first kappa shape index (κ1) is 15.0. The molecule has 1 aromatic carbocycles. The van der Waals surface area contributed by atoms with Crippen LogP contribution in [0.4, 0.5) is 4.79 Å². The first-order chi connectivity index (χ1) is 9.99. The van der Waals surface area contributed by atoms with Crippen LogP contribution in [0, 0.1) is 5.92 Å². The third-order valence-electron chi connectivity index (χ3n) is 3.42. The van der Waals surface area contributed by atoms with Gasteiger partial charge >= 0.3 is 12.1 Å². The highest BCUT2D eigenvalue weighted by molar-refractivity contribution is 5.95. The van der Waals surface area contributed by atoms with Gasteiger partial charge in [-0.3, -0.25) is 9.59 Å². The fourth-order valence-corrected chi connectivity index (χ4v) is 2.35. The van der Waals surface area contributed by atoms with E-state index in [1.165, 1.54) is 6.92 Å². The Labute approximate surface area is 122 Å². The molecule has 2 amide bonds. The van der Waals surface area contributed by atoms with Crippen molar-refractivity contribution in [3.8, 4) is 0 Å². The summed E-state index contributed by atoms with van der Waals surface area (Å²) in [6, 6.07) is 9.08. The van der Waals surface area contributed by atoms with Gasteiger partial charge in [-0.15, -0.1) is 0 Å². The lowest BCUT2D eigenvalue weighted by molar-refractivity contribution is -0.143. The van der Waals surface area contributed by atoms with E-state index in [0.717, 1.165) is 10.5 Å². The Morgan fingerprint density at radius 3 is 2.67 bits per heavy atom. The quantitative estimate of drug-likeness (QED) is 0.892. The fraction of sp³-hybridized carbons (Fsp3) is 0.400.